The van der Waals surface area contributed by atoms with Crippen molar-refractivity contribution in [3.05, 3.63) is 81.8 Å². The Hall–Kier alpha value is -2.59. The third-order valence-corrected chi connectivity index (χ3v) is 5.85. The van der Waals surface area contributed by atoms with E-state index < -0.39 is 0 Å². The molecule has 0 radical (unpaired) electrons. The summed E-state index contributed by atoms with van der Waals surface area (Å²) in [5, 5.41) is 14.0. The SMILES string of the molecule is CC(C)(C)c1cc(C(=O)Nc2ccccc2-c2ccc(Br)cc2)cc(C(C)(C)C)c1O. The van der Waals surface area contributed by atoms with Gasteiger partial charge in [0.15, 0.2) is 0 Å². The van der Waals surface area contributed by atoms with Crippen LogP contribution in [0.1, 0.15) is 63.0 Å². The number of halogens is 1. The first-order valence-electron chi connectivity index (χ1n) is 10.4. The summed E-state index contributed by atoms with van der Waals surface area (Å²) in [5.41, 5.74) is 4.21. The molecule has 3 nitrogen and oxygen atoms in total. The predicted octanol–water partition coefficient (Wildman–Crippen LogP) is 7.67. The van der Waals surface area contributed by atoms with E-state index in [4.69, 9.17) is 0 Å². The second-order valence-electron chi connectivity index (χ2n) is 9.93. The first-order chi connectivity index (χ1) is 14.4. The Morgan fingerprint density at radius 1 is 0.839 bits per heavy atom. The van der Waals surface area contributed by atoms with Crippen LogP contribution in [-0.2, 0) is 10.8 Å². The van der Waals surface area contributed by atoms with Gasteiger partial charge in [0.25, 0.3) is 5.91 Å². The van der Waals surface area contributed by atoms with E-state index in [1.165, 1.54) is 0 Å². The topological polar surface area (TPSA) is 49.3 Å². The van der Waals surface area contributed by atoms with E-state index >= 15 is 0 Å². The van der Waals surface area contributed by atoms with E-state index in [-0.39, 0.29) is 22.5 Å². The molecule has 0 heterocycles. The van der Waals surface area contributed by atoms with Crippen LogP contribution in [0.4, 0.5) is 5.69 Å². The molecule has 3 aromatic rings. The highest BCUT2D eigenvalue weighted by atomic mass is 79.9. The lowest BCUT2D eigenvalue weighted by molar-refractivity contribution is 0.102. The van der Waals surface area contributed by atoms with Gasteiger partial charge in [0.2, 0.25) is 0 Å². The van der Waals surface area contributed by atoms with Gasteiger partial charge in [0, 0.05) is 32.4 Å². The van der Waals surface area contributed by atoms with Gasteiger partial charge in [-0.2, -0.15) is 0 Å². The number of carbonyl (C=O) groups excluding carboxylic acids is 1. The summed E-state index contributed by atoms with van der Waals surface area (Å²) in [4.78, 5) is 13.3. The Labute approximate surface area is 193 Å². The maximum atomic E-state index is 13.3. The fourth-order valence-corrected chi connectivity index (χ4v) is 3.84. The van der Waals surface area contributed by atoms with E-state index in [1.807, 2.05) is 102 Å². The third kappa shape index (κ3) is 5.19. The van der Waals surface area contributed by atoms with Gasteiger partial charge in [0.05, 0.1) is 0 Å². The zero-order valence-corrected chi connectivity index (χ0v) is 20.6. The molecule has 162 valence electrons. The Balaban J connectivity index is 2.05. The van der Waals surface area contributed by atoms with Gasteiger partial charge in [-0.3, -0.25) is 4.79 Å². The average molecular weight is 480 g/mol. The Morgan fingerprint density at radius 3 is 1.87 bits per heavy atom. The lowest BCUT2D eigenvalue weighted by atomic mass is 9.78. The highest BCUT2D eigenvalue weighted by Gasteiger charge is 2.28. The van der Waals surface area contributed by atoms with Crippen LogP contribution in [-0.4, -0.2) is 11.0 Å². The number of benzene rings is 3. The molecule has 0 unspecified atom stereocenters. The lowest BCUT2D eigenvalue weighted by Crippen LogP contribution is -2.20. The number of anilines is 1. The molecule has 1 amide bonds. The molecule has 0 saturated heterocycles. The first-order valence-corrected chi connectivity index (χ1v) is 11.2. The molecular weight excluding hydrogens is 450 g/mol. The third-order valence-electron chi connectivity index (χ3n) is 5.32. The molecule has 0 aliphatic carbocycles. The number of hydrogen-bond acceptors (Lipinski definition) is 2. The van der Waals surface area contributed by atoms with Gasteiger partial charge in [-0.1, -0.05) is 87.8 Å². The van der Waals surface area contributed by atoms with Gasteiger partial charge in [-0.25, -0.2) is 0 Å². The fourth-order valence-electron chi connectivity index (χ4n) is 3.58. The number of rotatable bonds is 3. The van der Waals surface area contributed by atoms with Crippen LogP contribution in [0.15, 0.2) is 65.1 Å². The summed E-state index contributed by atoms with van der Waals surface area (Å²) >= 11 is 3.47. The maximum absolute atomic E-state index is 13.3. The van der Waals surface area contributed by atoms with Crippen molar-refractivity contribution in [3.63, 3.8) is 0 Å². The number of nitrogens with one attached hydrogen (secondary N) is 1. The van der Waals surface area contributed by atoms with Crippen LogP contribution in [0.25, 0.3) is 11.1 Å². The molecule has 0 spiro atoms. The van der Waals surface area contributed by atoms with Crippen molar-refractivity contribution in [1.29, 1.82) is 0 Å². The van der Waals surface area contributed by atoms with E-state index in [1.54, 1.807) is 0 Å². The molecule has 3 rings (SSSR count). The summed E-state index contributed by atoms with van der Waals surface area (Å²) in [6.45, 7) is 12.2. The number of para-hydroxylation sites is 1. The van der Waals surface area contributed by atoms with Crippen LogP contribution >= 0.6 is 15.9 Å². The number of amides is 1. The molecule has 31 heavy (non-hydrogen) atoms. The van der Waals surface area contributed by atoms with Crippen LogP contribution in [0.3, 0.4) is 0 Å². The van der Waals surface area contributed by atoms with Crippen molar-refractivity contribution in [2.45, 2.75) is 52.4 Å². The molecule has 0 atom stereocenters. The largest absolute Gasteiger partial charge is 0.507 e. The van der Waals surface area contributed by atoms with Crippen molar-refractivity contribution < 1.29 is 9.90 Å². The molecule has 0 bridgehead atoms. The molecule has 4 heteroatoms. The number of phenols is 1. The Morgan fingerprint density at radius 2 is 1.35 bits per heavy atom. The van der Waals surface area contributed by atoms with Crippen LogP contribution in [0.2, 0.25) is 0 Å². The average Bonchev–Trinajstić information content (AvgIpc) is 2.67. The highest BCUT2D eigenvalue weighted by molar-refractivity contribution is 9.10. The molecule has 0 aromatic heterocycles. The molecule has 3 aromatic carbocycles. The van der Waals surface area contributed by atoms with Crippen molar-refractivity contribution in [1.82, 2.24) is 0 Å². The molecule has 0 fully saturated rings. The summed E-state index contributed by atoms with van der Waals surface area (Å²) in [6.07, 6.45) is 0. The normalized spacial score (nSPS) is 12.0. The van der Waals surface area contributed by atoms with E-state index in [9.17, 15) is 9.90 Å². The molecule has 0 aliphatic heterocycles. The number of aromatic hydroxyl groups is 1. The Bertz CT molecular complexity index is 1070. The van der Waals surface area contributed by atoms with Crippen molar-refractivity contribution in [3.8, 4) is 16.9 Å². The smallest absolute Gasteiger partial charge is 0.255 e. The molecular formula is C27H30BrNO2. The van der Waals surface area contributed by atoms with E-state index in [2.05, 4.69) is 21.2 Å². The quantitative estimate of drug-likeness (QED) is 0.404. The van der Waals surface area contributed by atoms with Crippen molar-refractivity contribution in [2.75, 3.05) is 5.32 Å². The number of carbonyl (C=O) groups is 1. The Kier molecular flexibility index (Phi) is 6.33. The molecule has 0 aliphatic rings. The monoisotopic (exact) mass is 479 g/mol. The van der Waals surface area contributed by atoms with Crippen LogP contribution in [0.5, 0.6) is 5.75 Å². The summed E-state index contributed by atoms with van der Waals surface area (Å²) in [6, 6.07) is 19.4. The number of phenolic OH excluding ortho intramolecular Hbond substituents is 1. The summed E-state index contributed by atoms with van der Waals surface area (Å²) in [7, 11) is 0. The van der Waals surface area contributed by atoms with E-state index in [0.717, 1.165) is 32.4 Å². The second kappa shape index (κ2) is 8.51. The highest BCUT2D eigenvalue weighted by Crippen LogP contribution is 2.40. The minimum Gasteiger partial charge on any atom is -0.507 e. The molecule has 2 N–H and O–H groups in total. The number of hydrogen-bond donors (Lipinski definition) is 2. The van der Waals surface area contributed by atoms with Gasteiger partial charge in [-0.15, -0.1) is 0 Å². The van der Waals surface area contributed by atoms with Crippen molar-refractivity contribution in [2.24, 2.45) is 0 Å². The fraction of sp³-hybridized carbons (Fsp3) is 0.296. The second-order valence-corrected chi connectivity index (χ2v) is 10.8. The van der Waals surface area contributed by atoms with Gasteiger partial charge in [-0.05, 0) is 46.7 Å². The van der Waals surface area contributed by atoms with Gasteiger partial charge in [0.1, 0.15) is 5.75 Å². The molecule has 0 saturated carbocycles. The minimum absolute atomic E-state index is 0.194. The van der Waals surface area contributed by atoms with E-state index in [0.29, 0.717) is 5.56 Å². The van der Waals surface area contributed by atoms with Crippen LogP contribution in [0, 0.1) is 0 Å². The zero-order chi connectivity index (χ0) is 23.0. The predicted molar refractivity (Wildman–Crippen MR) is 133 cm³/mol. The van der Waals surface area contributed by atoms with Gasteiger partial charge < -0.3 is 10.4 Å². The zero-order valence-electron chi connectivity index (χ0n) is 19.0. The summed E-state index contributed by atoms with van der Waals surface area (Å²) < 4.78 is 1.01. The maximum Gasteiger partial charge on any atom is 0.255 e. The lowest BCUT2D eigenvalue weighted by Gasteiger charge is -2.28. The van der Waals surface area contributed by atoms with Gasteiger partial charge >= 0.3 is 0 Å². The minimum atomic E-state index is -0.296. The van der Waals surface area contributed by atoms with Crippen molar-refractivity contribution >= 4 is 27.5 Å². The standard InChI is InChI=1S/C27H30BrNO2/c1-26(2,3)21-15-18(16-22(24(21)30)27(4,5)6)25(31)29-23-10-8-7-9-20(23)17-11-13-19(28)14-12-17/h7-16,30H,1-6H3,(H,29,31). The summed E-state index contributed by atoms with van der Waals surface area (Å²) in [5.74, 6) is 0.0763. The van der Waals surface area contributed by atoms with Crippen LogP contribution < -0.4 is 5.32 Å². The first kappa shape index (κ1) is 23.1.